The number of tetrazole rings is 1. The van der Waals surface area contributed by atoms with Crippen LogP contribution in [0, 0.1) is 6.92 Å². The summed E-state index contributed by atoms with van der Waals surface area (Å²) in [6.07, 6.45) is 0. The van der Waals surface area contributed by atoms with Crippen molar-refractivity contribution in [3.05, 3.63) is 112 Å². The van der Waals surface area contributed by atoms with Crippen molar-refractivity contribution in [2.75, 3.05) is 38.2 Å². The minimum absolute atomic E-state index is 0.124. The summed E-state index contributed by atoms with van der Waals surface area (Å²) in [5, 5.41) is 13.9. The van der Waals surface area contributed by atoms with E-state index in [2.05, 4.69) is 67.6 Å². The van der Waals surface area contributed by atoms with Crippen LogP contribution in [0.2, 0.25) is 0 Å². The van der Waals surface area contributed by atoms with Gasteiger partial charge in [0.05, 0.1) is 13.7 Å². The van der Waals surface area contributed by atoms with Gasteiger partial charge in [0, 0.05) is 42.9 Å². The van der Waals surface area contributed by atoms with Gasteiger partial charge in [-0.3, -0.25) is 9.69 Å². The Morgan fingerprint density at radius 2 is 1.72 bits per heavy atom. The predicted octanol–water partition coefficient (Wildman–Crippen LogP) is 3.79. The average molecular weight is 522 g/mol. The van der Waals surface area contributed by atoms with Crippen molar-refractivity contribution in [2.45, 2.75) is 19.5 Å². The van der Waals surface area contributed by atoms with E-state index in [0.29, 0.717) is 17.9 Å². The van der Waals surface area contributed by atoms with Crippen LogP contribution in [-0.2, 0) is 6.54 Å². The number of rotatable bonds is 7. The number of hydrogen-bond acceptors (Lipinski definition) is 7. The minimum atomic E-state index is -0.398. The van der Waals surface area contributed by atoms with E-state index in [1.807, 2.05) is 48.5 Å². The summed E-state index contributed by atoms with van der Waals surface area (Å²) in [6, 6.07) is 26.0. The van der Waals surface area contributed by atoms with Gasteiger partial charge in [0.15, 0.2) is 5.82 Å². The largest absolute Gasteiger partial charge is 0.497 e. The van der Waals surface area contributed by atoms with E-state index < -0.39 is 6.04 Å². The first-order chi connectivity index (χ1) is 19.1. The Bertz CT molecular complexity index is 1620. The van der Waals surface area contributed by atoms with Gasteiger partial charge in [0.1, 0.15) is 11.8 Å². The molecule has 0 aliphatic carbocycles. The number of H-pyrrole nitrogens is 1. The fraction of sp³-hybridized carbons (Fsp3) is 0.267. The highest BCUT2D eigenvalue weighted by Crippen LogP contribution is 2.29. The molecule has 0 saturated carbocycles. The summed E-state index contributed by atoms with van der Waals surface area (Å²) in [7, 11) is 1.65. The number of ether oxygens (including phenoxy) is 1. The molecule has 6 rings (SSSR count). The molecule has 198 valence electrons. The second kappa shape index (κ2) is 10.7. The minimum Gasteiger partial charge on any atom is -0.497 e. The lowest BCUT2D eigenvalue weighted by Crippen LogP contribution is -2.49. The lowest BCUT2D eigenvalue weighted by Gasteiger charge is -2.39. The summed E-state index contributed by atoms with van der Waals surface area (Å²) < 4.78 is 7.11. The molecule has 39 heavy (non-hydrogen) atoms. The second-order valence-corrected chi connectivity index (χ2v) is 9.95. The molecule has 1 N–H and O–H groups in total. The molecule has 3 heterocycles. The normalized spacial score (nSPS) is 15.0. The molecular formula is C30H31N7O2. The number of methoxy groups -OCH3 is 1. The second-order valence-electron chi connectivity index (χ2n) is 9.95. The molecule has 3 aromatic carbocycles. The van der Waals surface area contributed by atoms with E-state index in [-0.39, 0.29) is 5.56 Å². The lowest BCUT2D eigenvalue weighted by molar-refractivity contribution is 0.200. The summed E-state index contributed by atoms with van der Waals surface area (Å²) in [6.45, 7) is 5.74. The number of anilines is 1. The maximum absolute atomic E-state index is 13.5. The summed E-state index contributed by atoms with van der Waals surface area (Å²) in [4.78, 5) is 21.3. The fourth-order valence-electron chi connectivity index (χ4n) is 5.35. The third-order valence-electron chi connectivity index (χ3n) is 7.42. The Hall–Kier alpha value is -4.50. The molecule has 1 fully saturated rings. The van der Waals surface area contributed by atoms with E-state index >= 15 is 0 Å². The molecular weight excluding hydrogens is 490 g/mol. The van der Waals surface area contributed by atoms with Gasteiger partial charge in [-0.25, -0.2) is 4.68 Å². The van der Waals surface area contributed by atoms with Crippen LogP contribution in [0.1, 0.15) is 28.6 Å². The van der Waals surface area contributed by atoms with E-state index in [1.54, 1.807) is 11.8 Å². The van der Waals surface area contributed by atoms with Gasteiger partial charge in [0.25, 0.3) is 5.56 Å². The Kier molecular flexibility index (Phi) is 6.81. The van der Waals surface area contributed by atoms with Crippen LogP contribution < -0.4 is 15.2 Å². The van der Waals surface area contributed by atoms with Crippen molar-refractivity contribution in [1.82, 2.24) is 30.1 Å². The highest BCUT2D eigenvalue weighted by Gasteiger charge is 2.32. The van der Waals surface area contributed by atoms with Gasteiger partial charge in [-0.1, -0.05) is 42.0 Å². The number of para-hydroxylation sites is 1. The zero-order valence-corrected chi connectivity index (χ0v) is 22.1. The zero-order chi connectivity index (χ0) is 26.8. The molecule has 0 radical (unpaired) electrons. The SMILES string of the molecule is COc1ccc(Cn2nnnc2[C@H](c2cc3cc(C)ccc3[nH]c2=O)N2CCN(c3ccccc3)CC2)cc1. The first-order valence-electron chi connectivity index (χ1n) is 13.2. The van der Waals surface area contributed by atoms with Gasteiger partial charge in [0.2, 0.25) is 0 Å². The standard InChI is InChI=1S/C30H31N7O2/c1-21-8-13-27-23(18-21)19-26(30(38)31-27)28(36-16-14-35(15-17-36)24-6-4-3-5-7-24)29-32-33-34-37(29)20-22-9-11-25(39-2)12-10-22/h3-13,18-19,28H,14-17,20H2,1-2H3,(H,31,38)/t28-/m0/s1. The fourth-order valence-corrected chi connectivity index (χ4v) is 5.35. The molecule has 0 spiro atoms. The molecule has 0 amide bonds. The molecule has 9 nitrogen and oxygen atoms in total. The van der Waals surface area contributed by atoms with Crippen molar-refractivity contribution in [3.8, 4) is 5.75 Å². The van der Waals surface area contributed by atoms with Crippen molar-refractivity contribution in [1.29, 1.82) is 0 Å². The van der Waals surface area contributed by atoms with Crippen molar-refractivity contribution < 1.29 is 4.74 Å². The number of piperazine rings is 1. The van der Waals surface area contributed by atoms with E-state index in [4.69, 9.17) is 4.74 Å². The van der Waals surface area contributed by atoms with Crippen LogP contribution in [-0.4, -0.2) is 63.4 Å². The van der Waals surface area contributed by atoms with Crippen LogP contribution in [0.3, 0.4) is 0 Å². The number of pyridine rings is 1. The first kappa shape index (κ1) is 24.8. The Morgan fingerprint density at radius 1 is 0.949 bits per heavy atom. The molecule has 5 aromatic rings. The maximum Gasteiger partial charge on any atom is 0.253 e. The van der Waals surface area contributed by atoms with Crippen molar-refractivity contribution in [3.63, 3.8) is 0 Å². The Balaban J connectivity index is 1.38. The molecule has 1 saturated heterocycles. The maximum atomic E-state index is 13.5. The molecule has 1 aliphatic rings. The van der Waals surface area contributed by atoms with E-state index in [1.165, 1.54) is 5.69 Å². The Morgan fingerprint density at radius 3 is 2.46 bits per heavy atom. The highest BCUT2D eigenvalue weighted by molar-refractivity contribution is 5.79. The third kappa shape index (κ3) is 5.13. The van der Waals surface area contributed by atoms with Crippen LogP contribution in [0.25, 0.3) is 10.9 Å². The molecule has 2 aromatic heterocycles. The molecule has 9 heteroatoms. The van der Waals surface area contributed by atoms with Crippen LogP contribution >= 0.6 is 0 Å². The molecule has 0 unspecified atom stereocenters. The topological polar surface area (TPSA) is 92.2 Å². The number of aromatic amines is 1. The quantitative estimate of drug-likeness (QED) is 0.348. The molecule has 1 aliphatic heterocycles. The summed E-state index contributed by atoms with van der Waals surface area (Å²) in [5.74, 6) is 1.44. The average Bonchev–Trinajstić information content (AvgIpc) is 3.42. The number of fused-ring (bicyclic) bond motifs is 1. The summed E-state index contributed by atoms with van der Waals surface area (Å²) >= 11 is 0. The van der Waals surface area contributed by atoms with E-state index in [0.717, 1.165) is 54.0 Å². The Labute approximate surface area is 226 Å². The van der Waals surface area contributed by atoms with Gasteiger partial charge >= 0.3 is 0 Å². The van der Waals surface area contributed by atoms with Gasteiger partial charge in [-0.2, -0.15) is 0 Å². The van der Waals surface area contributed by atoms with Gasteiger partial charge in [-0.15, -0.1) is 5.10 Å². The summed E-state index contributed by atoms with van der Waals surface area (Å²) in [5.41, 5.74) is 4.72. The van der Waals surface area contributed by atoms with Crippen molar-refractivity contribution >= 4 is 16.6 Å². The van der Waals surface area contributed by atoms with Gasteiger partial charge in [-0.05, 0) is 70.8 Å². The zero-order valence-electron chi connectivity index (χ0n) is 22.1. The molecule has 1 atom stereocenters. The van der Waals surface area contributed by atoms with Crippen LogP contribution in [0.5, 0.6) is 5.75 Å². The third-order valence-corrected chi connectivity index (χ3v) is 7.42. The monoisotopic (exact) mass is 521 g/mol. The number of nitrogens with zero attached hydrogens (tertiary/aromatic N) is 6. The smallest absolute Gasteiger partial charge is 0.253 e. The van der Waals surface area contributed by atoms with E-state index in [9.17, 15) is 4.79 Å². The van der Waals surface area contributed by atoms with Crippen LogP contribution in [0.4, 0.5) is 5.69 Å². The number of aromatic nitrogens is 5. The van der Waals surface area contributed by atoms with Crippen molar-refractivity contribution in [2.24, 2.45) is 0 Å². The van der Waals surface area contributed by atoms with Crippen LogP contribution in [0.15, 0.2) is 83.7 Å². The molecule has 0 bridgehead atoms. The highest BCUT2D eigenvalue weighted by atomic mass is 16.5. The predicted molar refractivity (Wildman–Crippen MR) is 151 cm³/mol. The number of aryl methyl sites for hydroxylation is 1. The first-order valence-corrected chi connectivity index (χ1v) is 13.2. The number of hydrogen-bond donors (Lipinski definition) is 1. The number of benzene rings is 3. The lowest BCUT2D eigenvalue weighted by atomic mass is 10.0. The van der Waals surface area contributed by atoms with Gasteiger partial charge < -0.3 is 14.6 Å². The number of nitrogens with one attached hydrogen (secondary N) is 1.